The number of aromatic nitrogens is 1. The van der Waals surface area contributed by atoms with E-state index in [0.29, 0.717) is 48.2 Å². The molecule has 170 valence electrons. The summed E-state index contributed by atoms with van der Waals surface area (Å²) in [7, 11) is 0. The van der Waals surface area contributed by atoms with Crippen molar-refractivity contribution in [2.24, 2.45) is 5.92 Å². The Kier molecular flexibility index (Phi) is 6.14. The van der Waals surface area contributed by atoms with Crippen molar-refractivity contribution in [1.29, 1.82) is 0 Å². The van der Waals surface area contributed by atoms with Crippen molar-refractivity contribution in [2.45, 2.75) is 19.0 Å². The molecule has 0 saturated carbocycles. The summed E-state index contributed by atoms with van der Waals surface area (Å²) in [6, 6.07) is 10.5. The first-order valence-corrected chi connectivity index (χ1v) is 10.1. The fourth-order valence-corrected chi connectivity index (χ4v) is 3.65. The van der Waals surface area contributed by atoms with Crippen LogP contribution in [0.1, 0.15) is 16.8 Å². The van der Waals surface area contributed by atoms with Crippen LogP contribution in [0, 0.1) is 5.92 Å². The number of oxazole rings is 1. The molecule has 0 unspecified atom stereocenters. The number of ether oxygens (including phenoxy) is 1. The zero-order chi connectivity index (χ0) is 22.9. The number of fused-ring (bicyclic) bond motifs is 1. The average Bonchev–Trinajstić information content (AvgIpc) is 3.38. The van der Waals surface area contributed by atoms with Gasteiger partial charge in [0, 0.05) is 30.7 Å². The lowest BCUT2D eigenvalue weighted by atomic mass is 10.1. The normalized spacial score (nSPS) is 16.7. The van der Waals surface area contributed by atoms with Gasteiger partial charge in [-0.2, -0.15) is 22.5 Å². The van der Waals surface area contributed by atoms with Gasteiger partial charge in [-0.05, 0) is 36.6 Å². The number of hydrogen-bond acceptors (Lipinski definition) is 5. The SMILES string of the molecule is O=C(c1ccccc1OC(F)(F)C(F)F)N1CC[C@@H](CNc2nc3ccc(Cl)cc3o2)C1. The van der Waals surface area contributed by atoms with Crippen LogP contribution < -0.4 is 10.1 Å². The Morgan fingerprint density at radius 2 is 2.09 bits per heavy atom. The lowest BCUT2D eigenvalue weighted by Gasteiger charge is -2.21. The number of halogens is 5. The van der Waals surface area contributed by atoms with E-state index in [1.807, 2.05) is 0 Å². The number of nitrogens with one attached hydrogen (secondary N) is 1. The van der Waals surface area contributed by atoms with E-state index in [1.54, 1.807) is 18.2 Å². The standard InChI is InChI=1S/C21H18ClF4N3O3/c22-13-5-6-15-17(9-13)31-20(28-15)27-10-12-7-8-29(11-12)18(30)14-3-1-2-4-16(14)32-21(25,26)19(23)24/h1-6,9,12,19H,7-8,10-11H2,(H,27,28)/t12-/m0/s1. The number of rotatable bonds is 7. The molecule has 2 aromatic carbocycles. The average molecular weight is 472 g/mol. The highest BCUT2D eigenvalue weighted by molar-refractivity contribution is 6.31. The first kappa shape index (κ1) is 22.2. The monoisotopic (exact) mass is 471 g/mol. The molecule has 1 aliphatic heterocycles. The minimum atomic E-state index is -4.70. The van der Waals surface area contributed by atoms with Crippen LogP contribution in [0.5, 0.6) is 5.75 Å². The van der Waals surface area contributed by atoms with Crippen LogP contribution in [0.15, 0.2) is 46.9 Å². The number of anilines is 1. The maximum Gasteiger partial charge on any atom is 0.461 e. The number of carbonyl (C=O) groups is 1. The summed E-state index contributed by atoms with van der Waals surface area (Å²) in [6.07, 6.45) is -8.06. The quantitative estimate of drug-likeness (QED) is 0.474. The van der Waals surface area contributed by atoms with Crippen molar-refractivity contribution in [3.8, 4) is 5.75 Å². The molecule has 1 saturated heterocycles. The van der Waals surface area contributed by atoms with E-state index in [4.69, 9.17) is 16.0 Å². The molecule has 6 nitrogen and oxygen atoms in total. The fraction of sp³-hybridized carbons (Fsp3) is 0.333. The van der Waals surface area contributed by atoms with E-state index in [1.165, 1.54) is 23.1 Å². The molecule has 0 bridgehead atoms. The Morgan fingerprint density at radius 1 is 1.31 bits per heavy atom. The highest BCUT2D eigenvalue weighted by Crippen LogP contribution is 2.31. The molecule has 4 rings (SSSR count). The Bertz CT molecular complexity index is 1120. The van der Waals surface area contributed by atoms with Crippen molar-refractivity contribution >= 4 is 34.6 Å². The summed E-state index contributed by atoms with van der Waals surface area (Å²) in [5.41, 5.74) is 0.995. The van der Waals surface area contributed by atoms with E-state index < -0.39 is 24.2 Å². The van der Waals surface area contributed by atoms with Gasteiger partial charge in [0.15, 0.2) is 5.58 Å². The third-order valence-electron chi connectivity index (χ3n) is 5.08. The molecular formula is C21H18ClF4N3O3. The summed E-state index contributed by atoms with van der Waals surface area (Å²) in [5, 5.41) is 3.61. The highest BCUT2D eigenvalue weighted by atomic mass is 35.5. The van der Waals surface area contributed by atoms with E-state index in [9.17, 15) is 22.4 Å². The number of hydrogen-bond donors (Lipinski definition) is 1. The molecule has 1 fully saturated rings. The number of para-hydroxylation sites is 1. The number of amides is 1. The van der Waals surface area contributed by atoms with Crippen LogP contribution in [0.25, 0.3) is 11.1 Å². The molecule has 11 heteroatoms. The van der Waals surface area contributed by atoms with Crippen molar-refractivity contribution < 1.29 is 31.5 Å². The third-order valence-corrected chi connectivity index (χ3v) is 5.32. The minimum Gasteiger partial charge on any atom is -0.427 e. The van der Waals surface area contributed by atoms with Crippen LogP contribution >= 0.6 is 11.6 Å². The van der Waals surface area contributed by atoms with Gasteiger partial charge in [-0.1, -0.05) is 23.7 Å². The molecule has 1 atom stereocenters. The predicted molar refractivity (Wildman–Crippen MR) is 110 cm³/mol. The van der Waals surface area contributed by atoms with Crippen molar-refractivity contribution in [3.05, 3.63) is 53.1 Å². The molecule has 0 spiro atoms. The van der Waals surface area contributed by atoms with Gasteiger partial charge in [0.25, 0.3) is 11.9 Å². The lowest BCUT2D eigenvalue weighted by molar-refractivity contribution is -0.253. The van der Waals surface area contributed by atoms with Gasteiger partial charge in [-0.3, -0.25) is 4.79 Å². The van der Waals surface area contributed by atoms with Gasteiger partial charge in [0.2, 0.25) is 0 Å². The van der Waals surface area contributed by atoms with E-state index in [2.05, 4.69) is 15.0 Å². The lowest BCUT2D eigenvalue weighted by Crippen LogP contribution is -2.35. The van der Waals surface area contributed by atoms with Crippen LogP contribution in [-0.4, -0.2) is 48.0 Å². The van der Waals surface area contributed by atoms with Gasteiger partial charge in [-0.25, -0.2) is 0 Å². The Balaban J connectivity index is 1.38. The second kappa shape index (κ2) is 8.85. The molecule has 0 radical (unpaired) electrons. The third kappa shape index (κ3) is 4.74. The second-order valence-corrected chi connectivity index (χ2v) is 7.81. The fourth-order valence-electron chi connectivity index (χ4n) is 3.48. The molecule has 32 heavy (non-hydrogen) atoms. The van der Waals surface area contributed by atoms with Crippen molar-refractivity contribution in [2.75, 3.05) is 25.0 Å². The van der Waals surface area contributed by atoms with Crippen molar-refractivity contribution in [3.63, 3.8) is 0 Å². The zero-order valence-electron chi connectivity index (χ0n) is 16.5. The molecular weight excluding hydrogens is 454 g/mol. The molecule has 1 amide bonds. The summed E-state index contributed by atoms with van der Waals surface area (Å²) in [4.78, 5) is 18.6. The number of nitrogens with zero attached hydrogens (tertiary/aromatic N) is 2. The topological polar surface area (TPSA) is 67.6 Å². The molecule has 1 N–H and O–H groups in total. The van der Waals surface area contributed by atoms with Gasteiger partial charge in [0.05, 0.1) is 5.56 Å². The Morgan fingerprint density at radius 3 is 2.88 bits per heavy atom. The maximum atomic E-state index is 13.3. The highest BCUT2D eigenvalue weighted by Gasteiger charge is 2.44. The smallest absolute Gasteiger partial charge is 0.427 e. The van der Waals surface area contributed by atoms with Crippen LogP contribution in [0.2, 0.25) is 5.02 Å². The van der Waals surface area contributed by atoms with E-state index in [-0.39, 0.29) is 11.5 Å². The Labute approximate surface area is 185 Å². The van der Waals surface area contributed by atoms with Gasteiger partial charge < -0.3 is 19.4 Å². The van der Waals surface area contributed by atoms with E-state index in [0.717, 1.165) is 6.07 Å². The first-order valence-electron chi connectivity index (χ1n) is 9.76. The number of likely N-dealkylation sites (tertiary alicyclic amines) is 1. The maximum absolute atomic E-state index is 13.3. The predicted octanol–water partition coefficient (Wildman–Crippen LogP) is 5.29. The zero-order valence-corrected chi connectivity index (χ0v) is 17.3. The first-order chi connectivity index (χ1) is 15.2. The minimum absolute atomic E-state index is 0.0492. The molecule has 3 aromatic rings. The van der Waals surface area contributed by atoms with Gasteiger partial charge in [0.1, 0.15) is 11.3 Å². The number of carbonyl (C=O) groups excluding carboxylic acids is 1. The van der Waals surface area contributed by atoms with Crippen molar-refractivity contribution in [1.82, 2.24) is 9.88 Å². The molecule has 2 heterocycles. The van der Waals surface area contributed by atoms with Crippen LogP contribution in [0.4, 0.5) is 23.6 Å². The number of benzene rings is 2. The largest absolute Gasteiger partial charge is 0.461 e. The summed E-state index contributed by atoms with van der Waals surface area (Å²) < 4.78 is 61.5. The Hall–Kier alpha value is -3.01. The molecule has 1 aromatic heterocycles. The summed E-state index contributed by atoms with van der Waals surface area (Å²) in [6.45, 7) is 1.19. The van der Waals surface area contributed by atoms with Crippen LogP contribution in [-0.2, 0) is 0 Å². The molecule has 1 aliphatic rings. The van der Waals surface area contributed by atoms with Crippen LogP contribution in [0.3, 0.4) is 0 Å². The second-order valence-electron chi connectivity index (χ2n) is 7.38. The van der Waals surface area contributed by atoms with E-state index >= 15 is 0 Å². The summed E-state index contributed by atoms with van der Waals surface area (Å²) >= 11 is 5.93. The molecule has 0 aliphatic carbocycles. The summed E-state index contributed by atoms with van der Waals surface area (Å²) in [5.74, 6) is -1.10. The van der Waals surface area contributed by atoms with Gasteiger partial charge >= 0.3 is 12.5 Å². The van der Waals surface area contributed by atoms with Gasteiger partial charge in [-0.15, -0.1) is 0 Å². The number of alkyl halides is 4.